The van der Waals surface area contributed by atoms with Gasteiger partial charge in [-0.05, 0) is 35.7 Å². The van der Waals surface area contributed by atoms with E-state index in [2.05, 4.69) is 20.8 Å². The van der Waals surface area contributed by atoms with E-state index in [-0.39, 0.29) is 5.69 Å². The second kappa shape index (κ2) is 7.72. The van der Waals surface area contributed by atoms with Crippen LogP contribution in [0.15, 0.2) is 89.7 Å². The Kier molecular flexibility index (Phi) is 4.61. The number of aromatic nitrogens is 2. The molecular weight excluding hydrogens is 392 g/mol. The van der Waals surface area contributed by atoms with Crippen molar-refractivity contribution in [1.29, 1.82) is 0 Å². The van der Waals surface area contributed by atoms with Crippen LogP contribution in [0, 0.1) is 0 Å². The number of benzene rings is 2. The van der Waals surface area contributed by atoms with Crippen molar-refractivity contribution in [2.75, 3.05) is 0 Å². The van der Waals surface area contributed by atoms with Crippen LogP contribution in [0.2, 0.25) is 0 Å². The molecule has 31 heavy (non-hydrogen) atoms. The number of hydrazine groups is 1. The van der Waals surface area contributed by atoms with E-state index in [0.717, 1.165) is 5.39 Å². The number of carbonyl (C=O) groups excluding carboxylic acids is 2. The Morgan fingerprint density at radius 3 is 2.42 bits per heavy atom. The third kappa shape index (κ3) is 3.49. The van der Waals surface area contributed by atoms with E-state index in [0.29, 0.717) is 33.3 Å². The number of nitrogens with one attached hydrogen (secondary N) is 2. The summed E-state index contributed by atoms with van der Waals surface area (Å²) in [7, 11) is 0. The normalized spacial score (nSPS) is 10.8. The molecule has 5 rings (SSSR count). The first-order valence-corrected chi connectivity index (χ1v) is 9.59. The van der Waals surface area contributed by atoms with Gasteiger partial charge in [-0.3, -0.25) is 25.4 Å². The summed E-state index contributed by atoms with van der Waals surface area (Å²) in [6.07, 6.45) is 3.11. The molecule has 7 heteroatoms. The van der Waals surface area contributed by atoms with E-state index in [1.165, 1.54) is 0 Å². The number of nitrogens with zero attached hydrogens (tertiary/aromatic N) is 2. The number of rotatable bonds is 3. The van der Waals surface area contributed by atoms with Gasteiger partial charge in [0, 0.05) is 17.0 Å². The van der Waals surface area contributed by atoms with Gasteiger partial charge in [0.25, 0.3) is 11.8 Å². The van der Waals surface area contributed by atoms with E-state index in [1.54, 1.807) is 36.7 Å². The van der Waals surface area contributed by atoms with Crippen molar-refractivity contribution in [3.8, 4) is 11.5 Å². The quantitative estimate of drug-likeness (QED) is 0.438. The molecular formula is C24H16N4O3. The van der Waals surface area contributed by atoms with Gasteiger partial charge in [0.15, 0.2) is 5.76 Å². The predicted octanol–water partition coefficient (Wildman–Crippen LogP) is 4.12. The van der Waals surface area contributed by atoms with Gasteiger partial charge < -0.3 is 4.42 Å². The molecule has 0 bridgehead atoms. The van der Waals surface area contributed by atoms with E-state index in [4.69, 9.17) is 4.42 Å². The number of hydrogen-bond acceptors (Lipinski definition) is 5. The number of amides is 2. The molecule has 0 radical (unpaired) electrons. The van der Waals surface area contributed by atoms with Crippen molar-refractivity contribution < 1.29 is 14.0 Å². The summed E-state index contributed by atoms with van der Waals surface area (Å²) in [4.78, 5) is 34.4. The Labute approximate surface area is 176 Å². The largest absolute Gasteiger partial charge is 0.463 e. The van der Waals surface area contributed by atoms with E-state index < -0.39 is 11.8 Å². The molecule has 150 valence electrons. The average Bonchev–Trinajstić information content (AvgIpc) is 3.36. The molecule has 0 fully saturated rings. The van der Waals surface area contributed by atoms with Crippen LogP contribution < -0.4 is 10.9 Å². The predicted molar refractivity (Wildman–Crippen MR) is 116 cm³/mol. The Hall–Kier alpha value is -4.52. The number of hydrogen-bond donors (Lipinski definition) is 2. The lowest BCUT2D eigenvalue weighted by Crippen LogP contribution is -2.42. The van der Waals surface area contributed by atoms with E-state index >= 15 is 0 Å². The number of para-hydroxylation sites is 1. The third-order valence-corrected chi connectivity index (χ3v) is 4.91. The number of carbonyl (C=O) groups is 2. The Bertz CT molecular complexity index is 1420. The SMILES string of the molecule is O=C(NNC(=O)c1cc(-c2ccco2)nc2ccccc12)c1nccc2ccccc12. The summed E-state index contributed by atoms with van der Waals surface area (Å²) in [6, 6.07) is 21.7. The fraction of sp³-hybridized carbons (Fsp3) is 0. The third-order valence-electron chi connectivity index (χ3n) is 4.91. The van der Waals surface area contributed by atoms with Crippen molar-refractivity contribution >= 4 is 33.5 Å². The molecule has 0 saturated heterocycles. The molecule has 0 aliphatic rings. The summed E-state index contributed by atoms with van der Waals surface area (Å²) in [5.41, 5.74) is 6.71. The maximum atomic E-state index is 13.0. The average molecular weight is 408 g/mol. The van der Waals surface area contributed by atoms with Crippen LogP contribution in [-0.2, 0) is 0 Å². The molecule has 0 unspecified atom stereocenters. The molecule has 5 aromatic rings. The highest BCUT2D eigenvalue weighted by Crippen LogP contribution is 2.25. The molecule has 3 aromatic heterocycles. The van der Waals surface area contributed by atoms with Crippen LogP contribution >= 0.6 is 0 Å². The monoisotopic (exact) mass is 408 g/mol. The van der Waals surface area contributed by atoms with Crippen molar-refractivity contribution in [2.45, 2.75) is 0 Å². The second-order valence-electron chi connectivity index (χ2n) is 6.84. The van der Waals surface area contributed by atoms with Gasteiger partial charge in [0.2, 0.25) is 0 Å². The van der Waals surface area contributed by atoms with Crippen LogP contribution in [0.25, 0.3) is 33.1 Å². The summed E-state index contributed by atoms with van der Waals surface area (Å²) >= 11 is 0. The zero-order valence-electron chi connectivity index (χ0n) is 16.2. The van der Waals surface area contributed by atoms with Crippen LogP contribution in [0.4, 0.5) is 0 Å². The molecule has 2 N–H and O–H groups in total. The second-order valence-corrected chi connectivity index (χ2v) is 6.84. The van der Waals surface area contributed by atoms with Crippen molar-refractivity contribution in [1.82, 2.24) is 20.8 Å². The first-order chi connectivity index (χ1) is 15.2. The fourth-order valence-electron chi connectivity index (χ4n) is 3.45. The number of furan rings is 1. The summed E-state index contributed by atoms with van der Waals surface area (Å²) in [5.74, 6) is -0.432. The number of pyridine rings is 2. The molecule has 0 spiro atoms. The minimum absolute atomic E-state index is 0.231. The van der Waals surface area contributed by atoms with Crippen LogP contribution in [0.1, 0.15) is 20.8 Å². The van der Waals surface area contributed by atoms with Gasteiger partial charge in [0.1, 0.15) is 11.4 Å². The van der Waals surface area contributed by atoms with Crippen LogP contribution in [0.5, 0.6) is 0 Å². The topological polar surface area (TPSA) is 97.1 Å². The van der Waals surface area contributed by atoms with Crippen molar-refractivity contribution in [2.24, 2.45) is 0 Å². The maximum Gasteiger partial charge on any atom is 0.288 e. The Morgan fingerprint density at radius 2 is 1.58 bits per heavy atom. The molecule has 2 aromatic carbocycles. The minimum atomic E-state index is -0.505. The highest BCUT2D eigenvalue weighted by Gasteiger charge is 2.17. The highest BCUT2D eigenvalue weighted by molar-refractivity contribution is 6.09. The molecule has 2 amide bonds. The molecule has 0 aliphatic heterocycles. The summed E-state index contributed by atoms with van der Waals surface area (Å²) < 4.78 is 5.43. The minimum Gasteiger partial charge on any atom is -0.463 e. The first kappa shape index (κ1) is 18.5. The summed E-state index contributed by atoms with van der Waals surface area (Å²) in [5, 5.41) is 2.25. The molecule has 7 nitrogen and oxygen atoms in total. The zero-order valence-corrected chi connectivity index (χ0v) is 16.2. The van der Waals surface area contributed by atoms with Gasteiger partial charge in [0.05, 0.1) is 17.3 Å². The summed E-state index contributed by atoms with van der Waals surface area (Å²) in [6.45, 7) is 0. The Balaban J connectivity index is 1.44. The van der Waals surface area contributed by atoms with Gasteiger partial charge in [-0.25, -0.2) is 4.98 Å². The molecule has 0 aliphatic carbocycles. The lowest BCUT2D eigenvalue weighted by molar-refractivity contribution is 0.0846. The van der Waals surface area contributed by atoms with E-state index in [9.17, 15) is 9.59 Å². The Morgan fingerprint density at radius 1 is 0.806 bits per heavy atom. The first-order valence-electron chi connectivity index (χ1n) is 9.59. The van der Waals surface area contributed by atoms with Gasteiger partial charge >= 0.3 is 0 Å². The van der Waals surface area contributed by atoms with Crippen molar-refractivity contribution in [3.05, 3.63) is 96.5 Å². The van der Waals surface area contributed by atoms with Gasteiger partial charge in [-0.1, -0.05) is 42.5 Å². The zero-order chi connectivity index (χ0) is 21.2. The van der Waals surface area contributed by atoms with E-state index in [1.807, 2.05) is 48.5 Å². The lowest BCUT2D eigenvalue weighted by atomic mass is 10.1. The molecule has 0 atom stereocenters. The molecule has 0 saturated carbocycles. The van der Waals surface area contributed by atoms with Crippen molar-refractivity contribution in [3.63, 3.8) is 0 Å². The van der Waals surface area contributed by atoms with Crippen LogP contribution in [-0.4, -0.2) is 21.8 Å². The van der Waals surface area contributed by atoms with Gasteiger partial charge in [-0.15, -0.1) is 0 Å². The standard InChI is InChI=1S/C24H16N4O3/c29-23(27-28-24(30)22-16-7-2-1-6-15(16)11-12-25-22)18-14-20(21-10-5-13-31-21)26-19-9-4-3-8-17(18)19/h1-14H,(H,27,29)(H,28,30). The maximum absolute atomic E-state index is 13.0. The smallest absolute Gasteiger partial charge is 0.288 e. The number of fused-ring (bicyclic) bond motifs is 2. The highest BCUT2D eigenvalue weighted by atomic mass is 16.3. The molecule has 3 heterocycles. The van der Waals surface area contributed by atoms with Crippen LogP contribution in [0.3, 0.4) is 0 Å². The lowest BCUT2D eigenvalue weighted by Gasteiger charge is -2.11. The van der Waals surface area contributed by atoms with Gasteiger partial charge in [-0.2, -0.15) is 0 Å². The fourth-order valence-corrected chi connectivity index (χ4v) is 3.45.